The molecule has 24 heavy (non-hydrogen) atoms. The van der Waals surface area contributed by atoms with Crippen LogP contribution in [0.3, 0.4) is 0 Å². The Kier molecular flexibility index (Phi) is 9.23. The molecule has 0 fully saturated rings. The van der Waals surface area contributed by atoms with Gasteiger partial charge < -0.3 is 0 Å². The molecule has 0 radical (unpaired) electrons. The summed E-state index contributed by atoms with van der Waals surface area (Å²) in [5.41, 5.74) is 1.02. The molecule has 1 aromatic rings. The van der Waals surface area contributed by atoms with Gasteiger partial charge in [0.2, 0.25) is 10.0 Å². The zero-order valence-corrected chi connectivity index (χ0v) is 15.7. The molecule has 0 aromatic heterocycles. The number of hydrogen-bond acceptors (Lipinski definition) is 2. The fourth-order valence-electron chi connectivity index (χ4n) is 1.91. The molecular weight excluding hydrogens is 318 g/mol. The van der Waals surface area contributed by atoms with Gasteiger partial charge in [-0.05, 0) is 31.9 Å². The average molecular weight is 346 g/mol. The van der Waals surface area contributed by atoms with Gasteiger partial charge in [0, 0.05) is 12.8 Å². The molecule has 4 heteroatoms. The summed E-state index contributed by atoms with van der Waals surface area (Å²) in [4.78, 5) is 0.240. The van der Waals surface area contributed by atoms with Crippen LogP contribution in [0.15, 0.2) is 29.2 Å². The Labute approximate surface area is 147 Å². The topological polar surface area (TPSA) is 46.2 Å². The Bertz CT molecular complexity index is 687. The Balaban J connectivity index is 2.89. The first-order valence-electron chi connectivity index (χ1n) is 8.55. The summed E-state index contributed by atoms with van der Waals surface area (Å²) in [6.45, 7) is 6.12. The van der Waals surface area contributed by atoms with Gasteiger partial charge in [-0.3, -0.25) is 0 Å². The quantitative estimate of drug-likeness (QED) is 0.599. The number of benzene rings is 1. The molecule has 1 rings (SSSR count). The van der Waals surface area contributed by atoms with Crippen LogP contribution in [0.4, 0.5) is 0 Å². The van der Waals surface area contributed by atoms with Gasteiger partial charge in [-0.25, -0.2) is 8.42 Å². The third-order valence-corrected chi connectivity index (χ3v) is 4.85. The molecule has 0 aliphatic carbocycles. The Hall–Kier alpha value is -1.75. The van der Waals surface area contributed by atoms with E-state index in [0.29, 0.717) is 0 Å². The molecule has 0 saturated heterocycles. The molecule has 0 saturated carbocycles. The first-order chi connectivity index (χ1) is 11.5. The number of nitrogens with one attached hydrogen (secondary N) is 1. The van der Waals surface area contributed by atoms with Crippen LogP contribution in [0.1, 0.15) is 57.9 Å². The van der Waals surface area contributed by atoms with Crippen molar-refractivity contribution < 1.29 is 8.42 Å². The molecular formula is C20H27NO2S. The largest absolute Gasteiger partial charge is 0.242 e. The van der Waals surface area contributed by atoms with Crippen molar-refractivity contribution in [1.29, 1.82) is 0 Å². The smallest absolute Gasteiger partial charge is 0.207 e. The van der Waals surface area contributed by atoms with Gasteiger partial charge in [-0.2, -0.15) is 4.72 Å². The van der Waals surface area contributed by atoms with Crippen LogP contribution >= 0.6 is 0 Å². The van der Waals surface area contributed by atoms with Gasteiger partial charge in [0.25, 0.3) is 0 Å². The minimum Gasteiger partial charge on any atom is -0.207 e. The van der Waals surface area contributed by atoms with E-state index in [0.717, 1.165) is 44.1 Å². The normalized spacial score (nSPS) is 10.7. The maximum atomic E-state index is 12.5. The van der Waals surface area contributed by atoms with Crippen molar-refractivity contribution in [3.8, 4) is 23.7 Å². The van der Waals surface area contributed by atoms with Crippen LogP contribution in [0.25, 0.3) is 0 Å². The summed E-state index contributed by atoms with van der Waals surface area (Å²) in [5, 5.41) is 0. The summed E-state index contributed by atoms with van der Waals surface area (Å²) >= 11 is 0. The molecule has 0 spiro atoms. The molecule has 0 bridgehead atoms. The molecule has 0 amide bonds. The highest BCUT2D eigenvalue weighted by atomic mass is 32.2. The summed E-state index contributed by atoms with van der Waals surface area (Å²) in [5.74, 6) is 12.0. The van der Waals surface area contributed by atoms with Crippen LogP contribution in [-0.2, 0) is 10.0 Å². The van der Waals surface area contributed by atoms with Gasteiger partial charge in [-0.1, -0.05) is 56.2 Å². The van der Waals surface area contributed by atoms with E-state index in [-0.39, 0.29) is 4.90 Å². The van der Waals surface area contributed by atoms with Crippen molar-refractivity contribution in [2.45, 2.75) is 70.2 Å². The van der Waals surface area contributed by atoms with Crippen LogP contribution < -0.4 is 4.72 Å². The average Bonchev–Trinajstić information content (AvgIpc) is 2.55. The minimum atomic E-state index is -3.62. The Morgan fingerprint density at radius 1 is 0.958 bits per heavy atom. The fourth-order valence-corrected chi connectivity index (χ4v) is 2.97. The van der Waals surface area contributed by atoms with Crippen molar-refractivity contribution in [3.63, 3.8) is 0 Å². The molecule has 0 aliphatic heterocycles. The van der Waals surface area contributed by atoms with E-state index in [1.807, 2.05) is 6.92 Å². The molecule has 0 unspecified atom stereocenters. The van der Waals surface area contributed by atoms with Crippen molar-refractivity contribution in [1.82, 2.24) is 4.72 Å². The van der Waals surface area contributed by atoms with Crippen LogP contribution in [0.2, 0.25) is 0 Å². The summed E-state index contributed by atoms with van der Waals surface area (Å²) in [6.07, 6.45) is 5.67. The monoisotopic (exact) mass is 345 g/mol. The molecule has 0 heterocycles. The third-order valence-electron chi connectivity index (χ3n) is 3.41. The molecule has 0 atom stereocenters. The van der Waals surface area contributed by atoms with Crippen molar-refractivity contribution in [3.05, 3.63) is 29.8 Å². The number of unbranched alkanes of at least 4 members (excludes halogenated alkanes) is 4. The second-order valence-corrected chi connectivity index (χ2v) is 7.43. The maximum Gasteiger partial charge on any atom is 0.242 e. The van der Waals surface area contributed by atoms with E-state index in [1.165, 1.54) is 0 Å². The van der Waals surface area contributed by atoms with E-state index >= 15 is 0 Å². The number of aryl methyl sites for hydroxylation is 1. The van der Waals surface area contributed by atoms with Crippen LogP contribution in [0.5, 0.6) is 0 Å². The van der Waals surface area contributed by atoms with Crippen LogP contribution in [-0.4, -0.2) is 14.5 Å². The van der Waals surface area contributed by atoms with Gasteiger partial charge in [0.1, 0.15) is 6.04 Å². The van der Waals surface area contributed by atoms with Gasteiger partial charge in [0.15, 0.2) is 0 Å². The summed E-state index contributed by atoms with van der Waals surface area (Å²) in [7, 11) is -3.62. The molecule has 3 nitrogen and oxygen atoms in total. The predicted molar refractivity (Wildman–Crippen MR) is 99.9 cm³/mol. The lowest BCUT2D eigenvalue weighted by molar-refractivity contribution is 0.582. The second-order valence-electron chi connectivity index (χ2n) is 5.72. The minimum absolute atomic E-state index is 0.240. The lowest BCUT2D eigenvalue weighted by atomic mass is 10.2. The molecule has 1 aromatic carbocycles. The van der Waals surface area contributed by atoms with E-state index < -0.39 is 16.1 Å². The number of sulfonamides is 1. The highest BCUT2D eigenvalue weighted by molar-refractivity contribution is 7.89. The zero-order valence-electron chi connectivity index (χ0n) is 14.9. The van der Waals surface area contributed by atoms with Gasteiger partial charge in [0.05, 0.1) is 4.90 Å². The number of hydrogen-bond donors (Lipinski definition) is 1. The first-order valence-corrected chi connectivity index (χ1v) is 10.0. The number of rotatable bonds is 7. The van der Waals surface area contributed by atoms with Gasteiger partial charge in [-0.15, -0.1) is 11.8 Å². The van der Waals surface area contributed by atoms with E-state index in [9.17, 15) is 8.42 Å². The lowest BCUT2D eigenvalue weighted by Gasteiger charge is -2.09. The first kappa shape index (κ1) is 20.3. The molecule has 0 aliphatic rings. The highest BCUT2D eigenvalue weighted by Crippen LogP contribution is 2.10. The van der Waals surface area contributed by atoms with Crippen LogP contribution in [0, 0.1) is 30.6 Å². The van der Waals surface area contributed by atoms with Crippen molar-refractivity contribution in [2.75, 3.05) is 0 Å². The maximum absolute atomic E-state index is 12.5. The molecule has 1 N–H and O–H groups in total. The standard InChI is InChI=1S/C20H27NO2S/c1-4-6-8-10-12-19(13-11-9-7-5-2)21-24(22,23)20-16-14-18(3)15-17-20/h14-17,19,21H,4-9H2,1-3H3. The summed E-state index contributed by atoms with van der Waals surface area (Å²) in [6, 6.07) is 6.10. The second kappa shape index (κ2) is 10.9. The SMILES string of the molecule is CCCCC#CC(C#CCCCC)NS(=O)(=O)c1ccc(C)cc1. The zero-order chi connectivity index (χ0) is 17.8. The third kappa shape index (κ3) is 7.68. The van der Waals surface area contributed by atoms with Gasteiger partial charge >= 0.3 is 0 Å². The molecule has 130 valence electrons. The van der Waals surface area contributed by atoms with Crippen molar-refractivity contribution in [2.24, 2.45) is 0 Å². The summed E-state index contributed by atoms with van der Waals surface area (Å²) < 4.78 is 27.6. The van der Waals surface area contributed by atoms with Crippen molar-refractivity contribution >= 4 is 10.0 Å². The fraction of sp³-hybridized carbons (Fsp3) is 0.500. The highest BCUT2D eigenvalue weighted by Gasteiger charge is 2.17. The van der Waals surface area contributed by atoms with E-state index in [2.05, 4.69) is 42.3 Å². The van der Waals surface area contributed by atoms with E-state index in [1.54, 1.807) is 24.3 Å². The Morgan fingerprint density at radius 3 is 1.92 bits per heavy atom. The predicted octanol–water partition coefficient (Wildman–Crippen LogP) is 4.03. The van der Waals surface area contributed by atoms with E-state index in [4.69, 9.17) is 0 Å². The Morgan fingerprint density at radius 2 is 1.46 bits per heavy atom. The lowest BCUT2D eigenvalue weighted by Crippen LogP contribution is -2.32.